The molecule has 0 bridgehead atoms. The first kappa shape index (κ1) is 57.6. The second-order valence-electron chi connectivity index (χ2n) is 19.9. The number of pyridine rings is 1. The molecule has 22 heteroatoms. The Morgan fingerprint density at radius 1 is 0.805 bits per heavy atom. The fraction of sp³-hybridized carbons (Fsp3) is 0.455. The van der Waals surface area contributed by atoms with E-state index in [4.69, 9.17) is 9.47 Å². The van der Waals surface area contributed by atoms with E-state index in [1.54, 1.807) is 17.5 Å². The molecule has 410 valence electrons. The summed E-state index contributed by atoms with van der Waals surface area (Å²) in [5, 5.41) is 21.2. The van der Waals surface area contributed by atoms with Crippen LogP contribution in [0.4, 0.5) is 21.6 Å². The van der Waals surface area contributed by atoms with Crippen molar-refractivity contribution in [2.45, 2.75) is 98.3 Å². The molecular formula is C55H70N12O8S2. The van der Waals surface area contributed by atoms with Crippen molar-refractivity contribution in [2.75, 3.05) is 74.5 Å². The Labute approximate surface area is 457 Å². The standard InChI is InChI=1S/C38H46N10O7S.C13H14N2OS.C4H10/c1-24-31(44-38(53)55-28-5-3-2-4-6-28)15-26(17-39-24)25-7-8-30-32(16-25)56-37(43-30)45-33(50)22-46-11-13-47(14-12-46)36-41-18-29(19-42-36)54-23-34(51)40-20-35(52)48-10-9-27(49)21-48;1-9(14-7-16)11-3-5-12(6-4-11)13-10(2)15-8-17-13;1-4(2)3/h7-8,15-19,27-28,49H,2-6,9-14,20-23H2,1H3,(H,40,51)(H,44,53)(H,43,45,50);3-9H,1-2H3,(H,14,16);4H,1-3H3/t;9-;/m.0./s1. The molecule has 2 aliphatic heterocycles. The molecule has 1 unspecified atom stereocenters. The maximum absolute atomic E-state index is 13.0. The number of carbonyl (C=O) groups is 5. The van der Waals surface area contributed by atoms with Crippen molar-refractivity contribution in [3.8, 4) is 27.3 Å². The molecule has 5 amide bonds. The normalized spacial score (nSPS) is 16.1. The third kappa shape index (κ3) is 17.4. The summed E-state index contributed by atoms with van der Waals surface area (Å²) in [6, 6.07) is 16.0. The number of carbonyl (C=O) groups excluding carboxylic acids is 5. The molecule has 5 N–H and O–H groups in total. The summed E-state index contributed by atoms with van der Waals surface area (Å²) in [6.07, 6.45) is 10.2. The van der Waals surface area contributed by atoms with Gasteiger partial charge < -0.3 is 40.3 Å². The Kier molecular flexibility index (Phi) is 21.2. The van der Waals surface area contributed by atoms with Crippen molar-refractivity contribution in [3.63, 3.8) is 0 Å². The van der Waals surface area contributed by atoms with Crippen LogP contribution in [0.15, 0.2) is 72.6 Å². The predicted molar refractivity (Wildman–Crippen MR) is 300 cm³/mol. The maximum Gasteiger partial charge on any atom is 0.411 e. The molecule has 2 aromatic carbocycles. The number of benzene rings is 2. The van der Waals surface area contributed by atoms with Gasteiger partial charge in [0.1, 0.15) is 6.10 Å². The van der Waals surface area contributed by atoms with E-state index in [-0.39, 0.29) is 50.2 Å². The van der Waals surface area contributed by atoms with Crippen molar-refractivity contribution in [1.82, 2.24) is 45.4 Å². The van der Waals surface area contributed by atoms with Gasteiger partial charge >= 0.3 is 6.09 Å². The quantitative estimate of drug-likeness (QED) is 0.0581. The van der Waals surface area contributed by atoms with Gasteiger partial charge in [0.05, 0.1) is 75.3 Å². The number of hydrogen-bond acceptors (Lipinski definition) is 17. The van der Waals surface area contributed by atoms with Crippen molar-refractivity contribution in [1.29, 1.82) is 0 Å². The fourth-order valence-corrected chi connectivity index (χ4v) is 10.4. The summed E-state index contributed by atoms with van der Waals surface area (Å²) in [5.74, 6) is 0.820. The maximum atomic E-state index is 13.0. The summed E-state index contributed by atoms with van der Waals surface area (Å²) >= 11 is 3.04. The Balaban J connectivity index is 0.000000342. The highest BCUT2D eigenvalue weighted by Gasteiger charge is 2.25. The van der Waals surface area contributed by atoms with Crippen molar-refractivity contribution >= 4 is 79.9 Å². The second-order valence-corrected chi connectivity index (χ2v) is 21.7. The zero-order valence-corrected chi connectivity index (χ0v) is 46.3. The van der Waals surface area contributed by atoms with Crippen molar-refractivity contribution in [2.24, 2.45) is 5.92 Å². The average Bonchev–Trinajstić information content (AvgIpc) is 4.19. The number of amides is 5. The van der Waals surface area contributed by atoms with Gasteiger partial charge in [-0.15, -0.1) is 11.3 Å². The van der Waals surface area contributed by atoms with E-state index in [2.05, 4.69) is 84.0 Å². The summed E-state index contributed by atoms with van der Waals surface area (Å²) in [6.45, 7) is 15.3. The Hall–Kier alpha value is -7.14. The minimum absolute atomic E-state index is 0.0409. The molecule has 1 saturated carbocycles. The molecule has 77 heavy (non-hydrogen) atoms. The van der Waals surface area contributed by atoms with Crippen LogP contribution in [-0.4, -0.2) is 141 Å². The minimum atomic E-state index is -0.514. The zero-order chi connectivity index (χ0) is 54.8. The Morgan fingerprint density at radius 2 is 1.52 bits per heavy atom. The Bertz CT molecular complexity index is 2900. The minimum Gasteiger partial charge on any atom is -0.481 e. The number of fused-ring (bicyclic) bond motifs is 1. The van der Waals surface area contributed by atoms with Gasteiger partial charge in [-0.25, -0.2) is 24.7 Å². The summed E-state index contributed by atoms with van der Waals surface area (Å²) in [7, 11) is 0. The first-order valence-electron chi connectivity index (χ1n) is 26.1. The number of anilines is 3. The number of rotatable bonds is 16. The first-order valence-corrected chi connectivity index (χ1v) is 27.8. The predicted octanol–water partition coefficient (Wildman–Crippen LogP) is 7.77. The van der Waals surface area contributed by atoms with Crippen LogP contribution in [0, 0.1) is 19.8 Å². The van der Waals surface area contributed by atoms with Gasteiger partial charge in [-0.05, 0) is 93.7 Å². The summed E-state index contributed by atoms with van der Waals surface area (Å²) < 4.78 is 12.0. The first-order chi connectivity index (χ1) is 37.1. The van der Waals surface area contributed by atoms with E-state index in [9.17, 15) is 29.1 Å². The number of ether oxygens (including phenoxy) is 2. The average molecular weight is 1090 g/mol. The monoisotopic (exact) mass is 1090 g/mol. The van der Waals surface area contributed by atoms with Crippen LogP contribution in [0.25, 0.3) is 31.8 Å². The van der Waals surface area contributed by atoms with Gasteiger partial charge in [0, 0.05) is 51.0 Å². The largest absolute Gasteiger partial charge is 0.481 e. The van der Waals surface area contributed by atoms with Gasteiger partial charge in [-0.3, -0.25) is 34.4 Å². The lowest BCUT2D eigenvalue weighted by Crippen LogP contribution is -2.49. The van der Waals surface area contributed by atoms with Crippen LogP contribution in [0.5, 0.6) is 5.75 Å². The lowest BCUT2D eigenvalue weighted by atomic mass is 9.98. The third-order valence-electron chi connectivity index (χ3n) is 12.8. The third-order valence-corrected chi connectivity index (χ3v) is 14.7. The van der Waals surface area contributed by atoms with Gasteiger partial charge in [-0.2, -0.15) is 0 Å². The molecular weight excluding hydrogens is 1020 g/mol. The van der Waals surface area contributed by atoms with Crippen molar-refractivity contribution in [3.05, 3.63) is 89.6 Å². The van der Waals surface area contributed by atoms with Gasteiger partial charge in [0.2, 0.25) is 24.2 Å². The number of likely N-dealkylation sites (tertiary alicyclic amines) is 1. The molecule has 6 aromatic rings. The number of nitrogens with zero attached hydrogens (tertiary/aromatic N) is 8. The van der Waals surface area contributed by atoms with Crippen LogP contribution in [-0.2, 0) is 23.9 Å². The summed E-state index contributed by atoms with van der Waals surface area (Å²) in [4.78, 5) is 89.2. The van der Waals surface area contributed by atoms with Gasteiger partial charge in [0.15, 0.2) is 17.5 Å². The molecule has 0 spiro atoms. The van der Waals surface area contributed by atoms with E-state index < -0.39 is 18.1 Å². The van der Waals surface area contributed by atoms with Crippen LogP contribution < -0.4 is 30.9 Å². The highest BCUT2D eigenvalue weighted by molar-refractivity contribution is 7.22. The summed E-state index contributed by atoms with van der Waals surface area (Å²) in [5.41, 5.74) is 9.00. The molecule has 6 heterocycles. The Morgan fingerprint density at radius 3 is 2.18 bits per heavy atom. The van der Waals surface area contributed by atoms with E-state index >= 15 is 0 Å². The molecule has 4 aromatic heterocycles. The number of aromatic nitrogens is 5. The van der Waals surface area contributed by atoms with Gasteiger partial charge in [-0.1, -0.05) is 68.9 Å². The number of aryl methyl sites for hydroxylation is 2. The van der Waals surface area contributed by atoms with Crippen molar-refractivity contribution < 1.29 is 38.6 Å². The number of thiazole rings is 2. The van der Waals surface area contributed by atoms with E-state index in [0.29, 0.717) is 67.4 Å². The molecule has 9 rings (SSSR count). The molecule has 20 nitrogen and oxygen atoms in total. The number of aliphatic hydroxyl groups is 1. The fourth-order valence-electron chi connectivity index (χ4n) is 8.62. The van der Waals surface area contributed by atoms with Crippen LogP contribution in [0.2, 0.25) is 0 Å². The molecule has 3 fully saturated rings. The number of β-amino-alcohol motifs (C(OH)–C–C–N with tert-alkyl or cyclic N) is 1. The molecule has 2 atom stereocenters. The smallest absolute Gasteiger partial charge is 0.411 e. The topological polar surface area (TPSA) is 246 Å². The highest BCUT2D eigenvalue weighted by Crippen LogP contribution is 2.33. The van der Waals surface area contributed by atoms with Crippen LogP contribution >= 0.6 is 22.7 Å². The SMILES string of the molecule is CC(C)C.Cc1ncc(-c2ccc3nc(NC(=O)CN4CCN(c5ncc(OCC(=O)NCC(=O)N6CCC(O)C6)cn5)CC4)sc3c2)cc1NC(=O)OC1CCCCC1.Cc1ncsc1-c1ccc([C@H](C)NC=O)cc1. The number of aliphatic hydroxyl groups excluding tert-OH is 1. The zero-order valence-electron chi connectivity index (χ0n) is 44.6. The second kappa shape index (κ2) is 28.3. The molecule has 2 saturated heterocycles. The lowest BCUT2D eigenvalue weighted by molar-refractivity contribution is -0.132. The van der Waals surface area contributed by atoms with E-state index in [1.165, 1.54) is 45.5 Å². The molecule has 3 aliphatic rings. The van der Waals surface area contributed by atoms with E-state index in [0.717, 1.165) is 70.6 Å². The lowest BCUT2D eigenvalue weighted by Gasteiger charge is -2.34. The number of nitrogens with one attached hydrogen (secondary N) is 4. The van der Waals surface area contributed by atoms with Crippen LogP contribution in [0.3, 0.4) is 0 Å². The molecule has 0 radical (unpaired) electrons. The number of hydrogen-bond donors (Lipinski definition) is 5. The molecule has 1 aliphatic carbocycles. The highest BCUT2D eigenvalue weighted by atomic mass is 32.1. The van der Waals surface area contributed by atoms with E-state index in [1.807, 2.05) is 67.6 Å². The van der Waals surface area contributed by atoms with Gasteiger partial charge in [0.25, 0.3) is 5.91 Å². The number of piperazine rings is 1. The van der Waals surface area contributed by atoms with Crippen LogP contribution in [0.1, 0.15) is 89.2 Å².